The Hall–Kier alpha value is -1.97. The van der Waals surface area contributed by atoms with Crippen LogP contribution in [0, 0.1) is 5.92 Å². The molecule has 1 aliphatic carbocycles. The molecule has 2 N–H and O–H groups in total. The highest BCUT2D eigenvalue weighted by molar-refractivity contribution is 6.42. The maximum atomic E-state index is 12.9. The molecule has 0 saturated heterocycles. The minimum Gasteiger partial charge on any atom is -0.377 e. The number of para-hydroxylation sites is 1. The molecule has 0 bridgehead atoms. The van der Waals surface area contributed by atoms with Crippen molar-refractivity contribution in [1.29, 1.82) is 0 Å². The van der Waals surface area contributed by atoms with Crippen molar-refractivity contribution in [3.05, 3.63) is 75.3 Å². The molecule has 0 spiro atoms. The molecular formula is C23H24Cl2N2O. The van der Waals surface area contributed by atoms with Gasteiger partial charge in [-0.2, -0.15) is 0 Å². The Morgan fingerprint density at radius 1 is 1.21 bits per heavy atom. The number of anilines is 1. The van der Waals surface area contributed by atoms with Crippen molar-refractivity contribution < 1.29 is 4.79 Å². The first kappa shape index (κ1) is 19.4. The SMILES string of the molecule is CCC(C)NC(=O)c1cccc2c1NC(c1cccc(Cl)c1Cl)C1CC=CC21. The number of halogens is 2. The Kier molecular flexibility index (Phi) is 5.39. The molecule has 4 unspecified atom stereocenters. The lowest BCUT2D eigenvalue weighted by atomic mass is 9.76. The fourth-order valence-corrected chi connectivity index (χ4v) is 4.71. The van der Waals surface area contributed by atoms with E-state index >= 15 is 0 Å². The molecule has 28 heavy (non-hydrogen) atoms. The Morgan fingerprint density at radius 3 is 2.75 bits per heavy atom. The van der Waals surface area contributed by atoms with Crippen molar-refractivity contribution in [3.63, 3.8) is 0 Å². The second-order valence-electron chi connectivity index (χ2n) is 7.67. The van der Waals surface area contributed by atoms with Crippen LogP contribution in [0.4, 0.5) is 5.69 Å². The Labute approximate surface area is 176 Å². The fraction of sp³-hybridized carbons (Fsp3) is 0.348. The number of amides is 1. The van der Waals surface area contributed by atoms with Crippen molar-refractivity contribution in [1.82, 2.24) is 5.32 Å². The van der Waals surface area contributed by atoms with Gasteiger partial charge in [-0.05, 0) is 48.9 Å². The zero-order valence-corrected chi connectivity index (χ0v) is 17.5. The van der Waals surface area contributed by atoms with Crippen LogP contribution in [0.25, 0.3) is 0 Å². The quantitative estimate of drug-likeness (QED) is 0.572. The molecule has 4 rings (SSSR count). The van der Waals surface area contributed by atoms with Crippen molar-refractivity contribution >= 4 is 34.8 Å². The van der Waals surface area contributed by atoms with Crippen LogP contribution in [0.5, 0.6) is 0 Å². The highest BCUT2D eigenvalue weighted by Crippen LogP contribution is 2.52. The number of nitrogens with one attached hydrogen (secondary N) is 2. The van der Waals surface area contributed by atoms with Crippen LogP contribution < -0.4 is 10.6 Å². The van der Waals surface area contributed by atoms with Crippen LogP contribution in [0.2, 0.25) is 10.0 Å². The molecule has 1 aliphatic heterocycles. The first-order valence-electron chi connectivity index (χ1n) is 9.82. The van der Waals surface area contributed by atoms with Gasteiger partial charge in [0.15, 0.2) is 0 Å². The molecule has 2 aromatic rings. The topological polar surface area (TPSA) is 41.1 Å². The Morgan fingerprint density at radius 2 is 1.96 bits per heavy atom. The molecule has 1 heterocycles. The van der Waals surface area contributed by atoms with Gasteiger partial charge in [-0.15, -0.1) is 0 Å². The van der Waals surface area contributed by atoms with Crippen molar-refractivity contribution in [3.8, 4) is 0 Å². The van der Waals surface area contributed by atoms with E-state index in [1.807, 2.05) is 31.2 Å². The summed E-state index contributed by atoms with van der Waals surface area (Å²) in [5.41, 5.74) is 3.73. The summed E-state index contributed by atoms with van der Waals surface area (Å²) < 4.78 is 0. The van der Waals surface area contributed by atoms with E-state index in [-0.39, 0.29) is 23.9 Å². The third-order valence-electron chi connectivity index (χ3n) is 5.95. The Bertz CT molecular complexity index is 940. The van der Waals surface area contributed by atoms with Gasteiger partial charge in [0.1, 0.15) is 0 Å². The van der Waals surface area contributed by atoms with E-state index in [4.69, 9.17) is 23.2 Å². The van der Waals surface area contributed by atoms with Gasteiger partial charge in [-0.3, -0.25) is 4.79 Å². The zero-order chi connectivity index (χ0) is 19.8. The summed E-state index contributed by atoms with van der Waals surface area (Å²) in [5.74, 6) is 0.555. The predicted octanol–water partition coefficient (Wildman–Crippen LogP) is 6.35. The smallest absolute Gasteiger partial charge is 0.253 e. The van der Waals surface area contributed by atoms with E-state index in [0.29, 0.717) is 21.5 Å². The lowest BCUT2D eigenvalue weighted by Crippen LogP contribution is -2.35. The molecule has 1 amide bonds. The van der Waals surface area contributed by atoms with Gasteiger partial charge in [0.2, 0.25) is 0 Å². The van der Waals surface area contributed by atoms with Crippen molar-refractivity contribution in [2.75, 3.05) is 5.32 Å². The highest BCUT2D eigenvalue weighted by atomic mass is 35.5. The van der Waals surface area contributed by atoms with Gasteiger partial charge < -0.3 is 10.6 Å². The average Bonchev–Trinajstić information content (AvgIpc) is 3.19. The van der Waals surface area contributed by atoms with Gasteiger partial charge >= 0.3 is 0 Å². The zero-order valence-electron chi connectivity index (χ0n) is 16.0. The average molecular weight is 415 g/mol. The third-order valence-corrected chi connectivity index (χ3v) is 6.78. The normalized spacial score (nSPS) is 23.5. The number of allylic oxidation sites excluding steroid dienone is 2. The number of fused-ring (bicyclic) bond motifs is 3. The third kappa shape index (κ3) is 3.31. The number of carbonyl (C=O) groups is 1. The van der Waals surface area contributed by atoms with Crippen LogP contribution in [-0.2, 0) is 0 Å². The Balaban J connectivity index is 1.78. The molecule has 5 heteroatoms. The van der Waals surface area contributed by atoms with E-state index < -0.39 is 0 Å². The summed E-state index contributed by atoms with van der Waals surface area (Å²) in [4.78, 5) is 12.9. The van der Waals surface area contributed by atoms with Crippen LogP contribution in [0.3, 0.4) is 0 Å². The van der Waals surface area contributed by atoms with Gasteiger partial charge in [-0.25, -0.2) is 0 Å². The number of rotatable bonds is 4. The summed E-state index contributed by atoms with van der Waals surface area (Å²) in [6, 6.07) is 11.9. The monoisotopic (exact) mass is 414 g/mol. The largest absolute Gasteiger partial charge is 0.377 e. The predicted molar refractivity (Wildman–Crippen MR) is 116 cm³/mol. The van der Waals surface area contributed by atoms with E-state index in [9.17, 15) is 4.79 Å². The lowest BCUT2D eigenvalue weighted by molar-refractivity contribution is 0.0939. The minimum atomic E-state index is -0.0462. The fourth-order valence-electron chi connectivity index (χ4n) is 4.28. The second-order valence-corrected chi connectivity index (χ2v) is 8.46. The van der Waals surface area contributed by atoms with Crippen molar-refractivity contribution in [2.45, 2.75) is 44.7 Å². The van der Waals surface area contributed by atoms with Crippen LogP contribution >= 0.6 is 23.2 Å². The molecule has 0 aromatic heterocycles. The number of benzene rings is 2. The highest BCUT2D eigenvalue weighted by Gasteiger charge is 2.40. The number of hydrogen-bond acceptors (Lipinski definition) is 2. The molecule has 0 saturated carbocycles. The molecule has 146 valence electrons. The lowest BCUT2D eigenvalue weighted by Gasteiger charge is -2.38. The van der Waals surface area contributed by atoms with E-state index in [1.54, 1.807) is 6.07 Å². The molecule has 2 aliphatic rings. The molecule has 0 fully saturated rings. The molecular weight excluding hydrogens is 391 g/mol. The summed E-state index contributed by atoms with van der Waals surface area (Å²) in [7, 11) is 0. The molecule has 2 aromatic carbocycles. The first-order valence-corrected chi connectivity index (χ1v) is 10.6. The van der Waals surface area contributed by atoms with Gasteiger partial charge in [-0.1, -0.05) is 66.5 Å². The summed E-state index contributed by atoms with van der Waals surface area (Å²) in [5, 5.41) is 7.87. The molecule has 0 radical (unpaired) electrons. The molecule has 3 nitrogen and oxygen atoms in total. The molecule has 4 atom stereocenters. The van der Waals surface area contributed by atoms with E-state index in [0.717, 1.165) is 24.1 Å². The van der Waals surface area contributed by atoms with E-state index in [2.05, 4.69) is 35.8 Å². The van der Waals surface area contributed by atoms with Crippen LogP contribution in [0.15, 0.2) is 48.6 Å². The van der Waals surface area contributed by atoms with Crippen LogP contribution in [0.1, 0.15) is 60.1 Å². The summed E-state index contributed by atoms with van der Waals surface area (Å²) >= 11 is 12.9. The van der Waals surface area contributed by atoms with E-state index in [1.165, 1.54) is 5.56 Å². The second kappa shape index (κ2) is 7.81. The number of hydrogen-bond donors (Lipinski definition) is 2. The minimum absolute atomic E-state index is 0.00347. The van der Waals surface area contributed by atoms with Crippen molar-refractivity contribution in [2.24, 2.45) is 5.92 Å². The summed E-state index contributed by atoms with van der Waals surface area (Å²) in [6.45, 7) is 4.08. The maximum Gasteiger partial charge on any atom is 0.253 e. The van der Waals surface area contributed by atoms with Gasteiger partial charge in [0, 0.05) is 12.0 Å². The van der Waals surface area contributed by atoms with Gasteiger partial charge in [0.25, 0.3) is 5.91 Å². The van der Waals surface area contributed by atoms with Crippen LogP contribution in [-0.4, -0.2) is 11.9 Å². The van der Waals surface area contributed by atoms with Gasteiger partial charge in [0.05, 0.1) is 27.3 Å². The standard InChI is InChI=1S/C23H24Cl2N2O/c1-3-13(2)26-23(28)18-11-5-9-16-14-7-4-8-15(14)21(27-22(16)18)17-10-6-12-19(24)20(17)25/h4-7,9-15,21,27H,3,8H2,1-2H3,(H,26,28). The number of carbonyl (C=O) groups excluding carboxylic acids is 1. The maximum absolute atomic E-state index is 12.9. The summed E-state index contributed by atoms with van der Waals surface area (Å²) in [6.07, 6.45) is 6.34. The first-order chi connectivity index (χ1) is 13.5.